The molecule has 1 heterocycles. The first kappa shape index (κ1) is 10.5. The number of imidazole rings is 1. The minimum atomic E-state index is -0.573. The standard InChI is InChI=1S/C10H13N3O/c1-3-4-8(11)9(14)7-10-12-5-6-13(10)2/h1,5-6,8H,4,7,11H2,2H3. The van der Waals surface area contributed by atoms with Gasteiger partial charge >= 0.3 is 0 Å². The van der Waals surface area contributed by atoms with Crippen molar-refractivity contribution in [3.05, 3.63) is 18.2 Å². The Kier molecular flexibility index (Phi) is 3.43. The predicted molar refractivity (Wildman–Crippen MR) is 53.3 cm³/mol. The Hall–Kier alpha value is -1.60. The third-order valence-electron chi connectivity index (χ3n) is 2.00. The zero-order valence-corrected chi connectivity index (χ0v) is 8.10. The van der Waals surface area contributed by atoms with Crippen LogP contribution in [0, 0.1) is 12.3 Å². The molecule has 0 aromatic carbocycles. The highest BCUT2D eigenvalue weighted by molar-refractivity contribution is 5.85. The number of aryl methyl sites for hydroxylation is 1. The van der Waals surface area contributed by atoms with Gasteiger partial charge in [-0.3, -0.25) is 4.79 Å². The number of Topliss-reactive ketones (excluding diaryl/α,β-unsaturated/α-hetero) is 1. The molecule has 0 spiro atoms. The van der Waals surface area contributed by atoms with Crippen LogP contribution in [-0.4, -0.2) is 21.4 Å². The fourth-order valence-corrected chi connectivity index (χ4v) is 1.09. The van der Waals surface area contributed by atoms with Crippen LogP contribution in [-0.2, 0) is 18.3 Å². The van der Waals surface area contributed by atoms with Crippen LogP contribution in [0.4, 0.5) is 0 Å². The third-order valence-corrected chi connectivity index (χ3v) is 2.00. The lowest BCUT2D eigenvalue weighted by molar-refractivity contribution is -0.119. The van der Waals surface area contributed by atoms with E-state index >= 15 is 0 Å². The van der Waals surface area contributed by atoms with Gasteiger partial charge in [0.2, 0.25) is 0 Å². The van der Waals surface area contributed by atoms with E-state index < -0.39 is 6.04 Å². The molecule has 0 saturated heterocycles. The molecule has 1 aromatic heterocycles. The molecule has 2 N–H and O–H groups in total. The number of aromatic nitrogens is 2. The number of rotatable bonds is 4. The Labute approximate surface area is 83.1 Å². The van der Waals surface area contributed by atoms with E-state index in [1.807, 2.05) is 7.05 Å². The summed E-state index contributed by atoms with van der Waals surface area (Å²) in [6, 6.07) is -0.573. The van der Waals surface area contributed by atoms with Gasteiger partial charge in [0, 0.05) is 25.9 Å². The first-order chi connectivity index (χ1) is 6.65. The Morgan fingerprint density at radius 2 is 2.57 bits per heavy atom. The van der Waals surface area contributed by atoms with Crippen LogP contribution in [0.3, 0.4) is 0 Å². The van der Waals surface area contributed by atoms with Gasteiger partial charge in [-0.2, -0.15) is 0 Å². The molecular weight excluding hydrogens is 178 g/mol. The van der Waals surface area contributed by atoms with E-state index in [1.54, 1.807) is 17.0 Å². The summed E-state index contributed by atoms with van der Waals surface area (Å²) in [5.41, 5.74) is 5.57. The van der Waals surface area contributed by atoms with Gasteiger partial charge in [0.1, 0.15) is 5.82 Å². The monoisotopic (exact) mass is 191 g/mol. The maximum Gasteiger partial charge on any atom is 0.157 e. The summed E-state index contributed by atoms with van der Waals surface area (Å²) < 4.78 is 1.79. The van der Waals surface area contributed by atoms with Crippen molar-refractivity contribution in [2.45, 2.75) is 18.9 Å². The molecule has 4 heteroatoms. The van der Waals surface area contributed by atoms with Crippen LogP contribution < -0.4 is 5.73 Å². The molecule has 0 aliphatic heterocycles. The molecule has 0 aliphatic carbocycles. The SMILES string of the molecule is C#CCC(N)C(=O)Cc1nccn1C. The number of nitrogens with two attached hydrogens (primary N) is 1. The summed E-state index contributed by atoms with van der Waals surface area (Å²) in [5.74, 6) is 3.01. The lowest BCUT2D eigenvalue weighted by Crippen LogP contribution is -2.31. The molecule has 1 atom stereocenters. The minimum Gasteiger partial charge on any atom is -0.338 e. The van der Waals surface area contributed by atoms with Crippen molar-refractivity contribution < 1.29 is 4.79 Å². The van der Waals surface area contributed by atoms with Crippen LogP contribution in [0.25, 0.3) is 0 Å². The molecule has 74 valence electrons. The van der Waals surface area contributed by atoms with Crippen molar-refractivity contribution in [3.8, 4) is 12.3 Å². The number of carbonyl (C=O) groups excluding carboxylic acids is 1. The van der Waals surface area contributed by atoms with E-state index in [1.165, 1.54) is 0 Å². The van der Waals surface area contributed by atoms with Gasteiger partial charge in [0.05, 0.1) is 12.5 Å². The van der Waals surface area contributed by atoms with E-state index in [0.717, 1.165) is 0 Å². The van der Waals surface area contributed by atoms with Gasteiger partial charge in [-0.05, 0) is 0 Å². The predicted octanol–water partition coefficient (Wildman–Crippen LogP) is -0.118. The maximum atomic E-state index is 11.5. The molecule has 4 nitrogen and oxygen atoms in total. The lowest BCUT2D eigenvalue weighted by Gasteiger charge is -2.06. The summed E-state index contributed by atoms with van der Waals surface area (Å²) in [4.78, 5) is 15.5. The van der Waals surface area contributed by atoms with Gasteiger partial charge in [-0.25, -0.2) is 4.98 Å². The molecule has 0 amide bonds. The Morgan fingerprint density at radius 3 is 3.07 bits per heavy atom. The number of ketones is 1. The molecule has 0 saturated carbocycles. The quantitative estimate of drug-likeness (QED) is 0.675. The second kappa shape index (κ2) is 4.58. The normalized spacial score (nSPS) is 12.1. The van der Waals surface area contributed by atoms with E-state index in [0.29, 0.717) is 5.82 Å². The number of hydrogen-bond donors (Lipinski definition) is 1. The van der Waals surface area contributed by atoms with Crippen molar-refractivity contribution in [1.82, 2.24) is 9.55 Å². The number of hydrogen-bond acceptors (Lipinski definition) is 3. The van der Waals surface area contributed by atoms with Gasteiger partial charge in [-0.15, -0.1) is 12.3 Å². The molecule has 1 rings (SSSR count). The molecule has 0 bridgehead atoms. The van der Waals surface area contributed by atoms with Crippen molar-refractivity contribution in [1.29, 1.82) is 0 Å². The highest BCUT2D eigenvalue weighted by Gasteiger charge is 2.14. The molecular formula is C10H13N3O. The van der Waals surface area contributed by atoms with Crippen LogP contribution in [0.2, 0.25) is 0 Å². The smallest absolute Gasteiger partial charge is 0.157 e. The van der Waals surface area contributed by atoms with Crippen molar-refractivity contribution in [3.63, 3.8) is 0 Å². The van der Waals surface area contributed by atoms with Crippen molar-refractivity contribution in [2.75, 3.05) is 0 Å². The van der Waals surface area contributed by atoms with Crippen molar-refractivity contribution in [2.24, 2.45) is 12.8 Å². The van der Waals surface area contributed by atoms with Crippen LogP contribution in [0.15, 0.2) is 12.4 Å². The second-order valence-electron chi connectivity index (χ2n) is 3.11. The largest absolute Gasteiger partial charge is 0.338 e. The molecule has 1 aromatic rings. The number of terminal acetylenes is 1. The zero-order chi connectivity index (χ0) is 10.6. The number of carbonyl (C=O) groups is 1. The summed E-state index contributed by atoms with van der Waals surface area (Å²) in [6.45, 7) is 0. The summed E-state index contributed by atoms with van der Waals surface area (Å²) in [5, 5.41) is 0. The second-order valence-corrected chi connectivity index (χ2v) is 3.11. The molecule has 0 aliphatic rings. The molecule has 0 radical (unpaired) electrons. The highest BCUT2D eigenvalue weighted by atomic mass is 16.1. The van der Waals surface area contributed by atoms with Gasteiger partial charge in [-0.1, -0.05) is 0 Å². The van der Waals surface area contributed by atoms with E-state index in [-0.39, 0.29) is 18.6 Å². The highest BCUT2D eigenvalue weighted by Crippen LogP contribution is 1.99. The van der Waals surface area contributed by atoms with E-state index in [2.05, 4.69) is 10.9 Å². The Balaban J connectivity index is 2.58. The van der Waals surface area contributed by atoms with E-state index in [9.17, 15) is 4.79 Å². The first-order valence-electron chi connectivity index (χ1n) is 4.33. The fraction of sp³-hybridized carbons (Fsp3) is 0.400. The third kappa shape index (κ3) is 2.44. The summed E-state index contributed by atoms with van der Waals surface area (Å²) in [6.07, 6.45) is 9.03. The van der Waals surface area contributed by atoms with Crippen LogP contribution in [0.5, 0.6) is 0 Å². The Morgan fingerprint density at radius 1 is 1.86 bits per heavy atom. The van der Waals surface area contributed by atoms with Gasteiger partial charge in [0.15, 0.2) is 5.78 Å². The minimum absolute atomic E-state index is 0.0720. The lowest BCUT2D eigenvalue weighted by atomic mass is 10.1. The van der Waals surface area contributed by atoms with Gasteiger partial charge < -0.3 is 10.3 Å². The molecule has 14 heavy (non-hydrogen) atoms. The maximum absolute atomic E-state index is 11.5. The zero-order valence-electron chi connectivity index (χ0n) is 8.10. The van der Waals surface area contributed by atoms with Crippen LogP contribution in [0.1, 0.15) is 12.2 Å². The first-order valence-corrected chi connectivity index (χ1v) is 4.33. The van der Waals surface area contributed by atoms with Gasteiger partial charge in [0.25, 0.3) is 0 Å². The summed E-state index contributed by atoms with van der Waals surface area (Å²) in [7, 11) is 1.84. The fourth-order valence-electron chi connectivity index (χ4n) is 1.09. The average Bonchev–Trinajstić information content (AvgIpc) is 2.52. The number of nitrogens with zero attached hydrogens (tertiary/aromatic N) is 2. The summed E-state index contributed by atoms with van der Waals surface area (Å²) >= 11 is 0. The topological polar surface area (TPSA) is 60.9 Å². The Bertz CT molecular complexity index is 362. The van der Waals surface area contributed by atoms with Crippen molar-refractivity contribution >= 4 is 5.78 Å². The van der Waals surface area contributed by atoms with E-state index in [4.69, 9.17) is 12.2 Å². The van der Waals surface area contributed by atoms with Crippen LogP contribution >= 0.6 is 0 Å². The molecule has 0 fully saturated rings. The average molecular weight is 191 g/mol. The molecule has 1 unspecified atom stereocenters.